The summed E-state index contributed by atoms with van der Waals surface area (Å²) < 4.78 is 0. The number of hydrogen-bond donors (Lipinski definition) is 1. The molecule has 0 atom stereocenters. The number of nitrogens with zero attached hydrogens (tertiary/aromatic N) is 1. The van der Waals surface area contributed by atoms with Crippen LogP contribution >= 0.6 is 0 Å². The van der Waals surface area contributed by atoms with Crippen molar-refractivity contribution in [3.05, 3.63) is 0 Å². The van der Waals surface area contributed by atoms with Gasteiger partial charge in [-0.1, -0.05) is 0 Å². The van der Waals surface area contributed by atoms with Crippen molar-refractivity contribution in [2.75, 3.05) is 13.1 Å². The number of hydrogen-bond acceptors (Lipinski definition) is 2. The van der Waals surface area contributed by atoms with Crippen molar-refractivity contribution in [2.45, 2.75) is 0 Å². The van der Waals surface area contributed by atoms with Gasteiger partial charge in [-0.05, 0) is 0 Å². The van der Waals surface area contributed by atoms with Gasteiger partial charge in [-0.2, -0.15) is 0 Å². The van der Waals surface area contributed by atoms with Crippen LogP contribution in [-0.4, -0.2) is 54.5 Å². The molecule has 38 valence electrons. The van der Waals surface area contributed by atoms with Crippen molar-refractivity contribution in [2.24, 2.45) is 4.99 Å². The SMILES string of the molecule is C1=NCCN1.O.[NaH]. The molecule has 1 aliphatic rings. The monoisotopic (exact) mass is 112 g/mol. The Hall–Kier alpha value is 0.430. The van der Waals surface area contributed by atoms with Crippen molar-refractivity contribution in [3.63, 3.8) is 0 Å². The molecular weight excluding hydrogens is 103 g/mol. The van der Waals surface area contributed by atoms with Gasteiger partial charge in [0.2, 0.25) is 0 Å². The second kappa shape index (κ2) is 6.43. The standard InChI is InChI=1S/C3H6N2.Na.H2O.H/c1-2-5-3-4-1;;;/h3H,1-2H2,(H,4,5);;1H2;. The van der Waals surface area contributed by atoms with Gasteiger partial charge in [-0.15, -0.1) is 0 Å². The van der Waals surface area contributed by atoms with E-state index in [0.717, 1.165) is 13.1 Å². The Labute approximate surface area is 64.8 Å². The first-order valence-corrected chi connectivity index (χ1v) is 1.72. The summed E-state index contributed by atoms with van der Waals surface area (Å²) in [6.45, 7) is 1.99. The van der Waals surface area contributed by atoms with E-state index >= 15 is 0 Å². The summed E-state index contributed by atoms with van der Waals surface area (Å²) in [6, 6.07) is 0. The zero-order valence-electron chi connectivity index (χ0n) is 3.44. The number of aliphatic imine (C=N–C) groups is 1. The summed E-state index contributed by atoms with van der Waals surface area (Å²) in [5.74, 6) is 0. The molecule has 7 heavy (non-hydrogen) atoms. The van der Waals surface area contributed by atoms with Gasteiger partial charge in [0.1, 0.15) is 0 Å². The molecule has 1 aliphatic heterocycles. The summed E-state index contributed by atoms with van der Waals surface area (Å²) in [5.41, 5.74) is 0. The molecular formula is C3H9N2NaO. The Balaban J connectivity index is 0. The van der Waals surface area contributed by atoms with Crippen LogP contribution in [0.4, 0.5) is 0 Å². The van der Waals surface area contributed by atoms with Crippen LogP contribution in [0.15, 0.2) is 4.99 Å². The van der Waals surface area contributed by atoms with Crippen LogP contribution in [0.2, 0.25) is 0 Å². The van der Waals surface area contributed by atoms with Crippen LogP contribution < -0.4 is 5.32 Å². The average molecular weight is 112 g/mol. The third-order valence-corrected chi connectivity index (χ3v) is 0.568. The van der Waals surface area contributed by atoms with Gasteiger partial charge in [0.15, 0.2) is 0 Å². The Morgan fingerprint density at radius 3 is 2.43 bits per heavy atom. The molecule has 0 radical (unpaired) electrons. The predicted molar refractivity (Wildman–Crippen MR) is 32.1 cm³/mol. The predicted octanol–water partition coefficient (Wildman–Crippen LogP) is -1.86. The van der Waals surface area contributed by atoms with Gasteiger partial charge >= 0.3 is 29.6 Å². The fourth-order valence-corrected chi connectivity index (χ4v) is 0.323. The zero-order valence-corrected chi connectivity index (χ0v) is 3.44. The van der Waals surface area contributed by atoms with Crippen LogP contribution in [0.3, 0.4) is 0 Å². The normalized spacial score (nSPS) is 13.7. The number of rotatable bonds is 0. The fraction of sp³-hybridized carbons (Fsp3) is 0.667. The molecule has 0 aromatic rings. The van der Waals surface area contributed by atoms with Gasteiger partial charge in [0.25, 0.3) is 0 Å². The first-order valence-electron chi connectivity index (χ1n) is 1.72. The van der Waals surface area contributed by atoms with Gasteiger partial charge in [0.05, 0.1) is 12.9 Å². The minimum absolute atomic E-state index is 0. The molecule has 0 aromatic carbocycles. The molecule has 0 spiro atoms. The van der Waals surface area contributed by atoms with E-state index in [1.54, 1.807) is 6.34 Å². The summed E-state index contributed by atoms with van der Waals surface area (Å²) in [6.07, 6.45) is 1.74. The molecule has 1 rings (SSSR count). The maximum absolute atomic E-state index is 3.85. The summed E-state index contributed by atoms with van der Waals surface area (Å²) in [5, 5.41) is 2.93. The third-order valence-electron chi connectivity index (χ3n) is 0.568. The topological polar surface area (TPSA) is 55.9 Å². The molecule has 4 heteroatoms. The first-order chi connectivity index (χ1) is 2.50. The minimum atomic E-state index is 0. The Kier molecular flexibility index (Phi) is 9.57. The van der Waals surface area contributed by atoms with E-state index in [1.807, 2.05) is 0 Å². The Morgan fingerprint density at radius 1 is 1.57 bits per heavy atom. The van der Waals surface area contributed by atoms with E-state index in [9.17, 15) is 0 Å². The second-order valence-corrected chi connectivity index (χ2v) is 0.989. The fourth-order valence-electron chi connectivity index (χ4n) is 0.323. The van der Waals surface area contributed by atoms with Crippen molar-refractivity contribution in [1.29, 1.82) is 0 Å². The van der Waals surface area contributed by atoms with Crippen LogP contribution in [-0.2, 0) is 0 Å². The molecule has 0 aliphatic carbocycles. The van der Waals surface area contributed by atoms with Crippen molar-refractivity contribution in [1.82, 2.24) is 5.32 Å². The van der Waals surface area contributed by atoms with Gasteiger partial charge < -0.3 is 10.8 Å². The molecule has 1 heterocycles. The Morgan fingerprint density at radius 2 is 2.29 bits per heavy atom. The summed E-state index contributed by atoms with van der Waals surface area (Å²) in [7, 11) is 0. The molecule has 0 saturated carbocycles. The van der Waals surface area contributed by atoms with Gasteiger partial charge in [-0.3, -0.25) is 4.99 Å². The maximum atomic E-state index is 3.85. The second-order valence-electron chi connectivity index (χ2n) is 0.989. The number of nitrogens with one attached hydrogen (secondary N) is 1. The van der Waals surface area contributed by atoms with Crippen molar-refractivity contribution >= 4 is 35.9 Å². The first kappa shape index (κ1) is 10.4. The molecule has 0 unspecified atom stereocenters. The van der Waals surface area contributed by atoms with Crippen molar-refractivity contribution in [3.8, 4) is 0 Å². The quantitative estimate of drug-likeness (QED) is 0.367. The molecule has 0 aromatic heterocycles. The molecule has 0 bridgehead atoms. The molecule has 3 N–H and O–H groups in total. The van der Waals surface area contributed by atoms with E-state index in [2.05, 4.69) is 10.3 Å². The average Bonchev–Trinajstić information content (AvgIpc) is 1.76. The molecule has 0 saturated heterocycles. The van der Waals surface area contributed by atoms with E-state index in [4.69, 9.17) is 0 Å². The van der Waals surface area contributed by atoms with Crippen LogP contribution in [0.5, 0.6) is 0 Å². The summed E-state index contributed by atoms with van der Waals surface area (Å²) in [4.78, 5) is 3.85. The summed E-state index contributed by atoms with van der Waals surface area (Å²) >= 11 is 0. The molecule has 3 nitrogen and oxygen atoms in total. The van der Waals surface area contributed by atoms with Crippen LogP contribution in [0.25, 0.3) is 0 Å². The van der Waals surface area contributed by atoms with Crippen LogP contribution in [0, 0.1) is 0 Å². The van der Waals surface area contributed by atoms with Crippen LogP contribution in [0.1, 0.15) is 0 Å². The Bertz CT molecular complexity index is 50.9. The zero-order chi connectivity index (χ0) is 3.54. The van der Waals surface area contributed by atoms with E-state index in [1.165, 1.54) is 0 Å². The van der Waals surface area contributed by atoms with Gasteiger partial charge in [-0.25, -0.2) is 0 Å². The van der Waals surface area contributed by atoms with E-state index in [-0.39, 0.29) is 35.0 Å². The van der Waals surface area contributed by atoms with Gasteiger partial charge in [0, 0.05) is 6.54 Å². The molecule has 0 amide bonds. The van der Waals surface area contributed by atoms with E-state index < -0.39 is 0 Å². The molecule has 0 fully saturated rings. The van der Waals surface area contributed by atoms with Crippen molar-refractivity contribution < 1.29 is 5.48 Å². The third kappa shape index (κ3) is 4.28. The van der Waals surface area contributed by atoms with E-state index in [0.29, 0.717) is 0 Å².